The van der Waals surface area contributed by atoms with Crippen LogP contribution >= 0.6 is 0 Å². The lowest BCUT2D eigenvalue weighted by molar-refractivity contribution is -0.194. The van der Waals surface area contributed by atoms with Gasteiger partial charge in [0.25, 0.3) is 0 Å². The molecule has 0 saturated carbocycles. The van der Waals surface area contributed by atoms with Crippen LogP contribution in [0.5, 0.6) is 0 Å². The average molecular weight is 200 g/mol. The van der Waals surface area contributed by atoms with E-state index < -0.39 is 5.54 Å². The molecule has 0 bridgehead atoms. The van der Waals surface area contributed by atoms with Gasteiger partial charge in [-0.15, -0.1) is 0 Å². The van der Waals surface area contributed by atoms with Crippen molar-refractivity contribution in [2.24, 2.45) is 0 Å². The van der Waals surface area contributed by atoms with E-state index in [4.69, 9.17) is 0 Å². The number of hydrogen-bond acceptors (Lipinski definition) is 3. The highest BCUT2D eigenvalue weighted by Crippen LogP contribution is 2.38. The number of carbonyl (C=O) groups is 1. The van der Waals surface area contributed by atoms with Crippen molar-refractivity contribution >= 4 is 5.91 Å². The normalized spacial score (nSPS) is 30.3. The molecule has 1 heterocycles. The number of amides is 1. The van der Waals surface area contributed by atoms with E-state index in [2.05, 4.69) is 5.32 Å². The zero-order valence-electron chi connectivity index (χ0n) is 9.59. The van der Waals surface area contributed by atoms with Crippen molar-refractivity contribution in [3.63, 3.8) is 0 Å². The van der Waals surface area contributed by atoms with Crippen LogP contribution in [0.25, 0.3) is 0 Å². The molecule has 1 saturated heterocycles. The van der Waals surface area contributed by atoms with Gasteiger partial charge in [-0.3, -0.25) is 4.79 Å². The Morgan fingerprint density at radius 2 is 1.93 bits per heavy atom. The van der Waals surface area contributed by atoms with E-state index in [0.29, 0.717) is 0 Å². The van der Waals surface area contributed by atoms with Gasteiger partial charge in [-0.2, -0.15) is 5.06 Å². The first-order chi connectivity index (χ1) is 6.18. The third-order valence-corrected chi connectivity index (χ3v) is 3.05. The summed E-state index contributed by atoms with van der Waals surface area (Å²) in [6.45, 7) is 9.31. The Bertz CT molecular complexity index is 249. The Morgan fingerprint density at radius 3 is 2.21 bits per heavy atom. The highest BCUT2D eigenvalue weighted by Gasteiger charge is 2.51. The lowest BCUT2D eigenvalue weighted by atomic mass is 9.94. The largest absolute Gasteiger partial charge is 0.352 e. The van der Waals surface area contributed by atoms with Crippen LogP contribution in [0.3, 0.4) is 0 Å². The van der Waals surface area contributed by atoms with Crippen LogP contribution in [-0.2, 0) is 4.79 Å². The van der Waals surface area contributed by atoms with E-state index in [0.717, 1.165) is 6.42 Å². The molecule has 1 fully saturated rings. The second kappa shape index (κ2) is 3.21. The minimum Gasteiger partial charge on any atom is -0.352 e. The predicted molar refractivity (Wildman–Crippen MR) is 54.0 cm³/mol. The van der Waals surface area contributed by atoms with Crippen LogP contribution in [0.4, 0.5) is 0 Å². The molecule has 1 aliphatic heterocycles. The molecule has 0 spiro atoms. The van der Waals surface area contributed by atoms with Crippen LogP contribution in [0.2, 0.25) is 0 Å². The van der Waals surface area contributed by atoms with Crippen molar-refractivity contribution in [3.05, 3.63) is 0 Å². The fourth-order valence-electron chi connectivity index (χ4n) is 2.24. The summed E-state index contributed by atoms with van der Waals surface area (Å²) in [5.74, 6) is -0.0471. The minimum absolute atomic E-state index is 0.000000000000000222. The monoisotopic (exact) mass is 200 g/mol. The zero-order chi connectivity index (χ0) is 11.1. The molecule has 1 aliphatic rings. The lowest BCUT2D eigenvalue weighted by Crippen LogP contribution is -2.52. The Labute approximate surface area is 85.2 Å². The fraction of sp³-hybridized carbons (Fsp3) is 0.900. The maximum absolute atomic E-state index is 11.0. The quantitative estimate of drug-likeness (QED) is 0.667. The van der Waals surface area contributed by atoms with Crippen molar-refractivity contribution in [1.82, 2.24) is 10.4 Å². The van der Waals surface area contributed by atoms with E-state index in [1.165, 1.54) is 12.0 Å². The predicted octanol–water partition coefficient (Wildman–Crippen LogP) is 1.14. The second-order valence-electron chi connectivity index (χ2n) is 5.24. The Hall–Kier alpha value is -0.610. The summed E-state index contributed by atoms with van der Waals surface area (Å²) in [5.41, 5.74) is -0.689. The second-order valence-corrected chi connectivity index (χ2v) is 5.24. The number of nitrogens with one attached hydrogen (secondary N) is 1. The van der Waals surface area contributed by atoms with Crippen molar-refractivity contribution in [2.45, 2.75) is 58.2 Å². The van der Waals surface area contributed by atoms with Gasteiger partial charge in [0.2, 0.25) is 5.91 Å². The number of carbonyl (C=O) groups excluding carboxylic acids is 1. The van der Waals surface area contributed by atoms with Crippen molar-refractivity contribution < 1.29 is 10.0 Å². The smallest absolute Gasteiger partial charge is 0.217 e. The van der Waals surface area contributed by atoms with Gasteiger partial charge in [-0.25, -0.2) is 0 Å². The Kier molecular flexibility index (Phi) is 2.63. The van der Waals surface area contributed by atoms with Crippen molar-refractivity contribution in [1.29, 1.82) is 0 Å². The Balaban J connectivity index is 2.85. The highest BCUT2D eigenvalue weighted by atomic mass is 16.5. The summed E-state index contributed by atoms with van der Waals surface area (Å²) in [5, 5.41) is 14.2. The summed E-state index contributed by atoms with van der Waals surface area (Å²) < 4.78 is 0. The van der Waals surface area contributed by atoms with Crippen LogP contribution in [0.15, 0.2) is 0 Å². The molecule has 82 valence electrons. The van der Waals surface area contributed by atoms with E-state index >= 15 is 0 Å². The first kappa shape index (κ1) is 11.5. The molecule has 4 heteroatoms. The molecular weight excluding hydrogens is 180 g/mol. The Morgan fingerprint density at radius 1 is 1.43 bits per heavy atom. The summed E-state index contributed by atoms with van der Waals surface area (Å²) in [6.07, 6.45) is 0.760. The van der Waals surface area contributed by atoms with E-state index in [1.54, 1.807) is 0 Å². The van der Waals surface area contributed by atoms with Gasteiger partial charge in [0.1, 0.15) is 0 Å². The van der Waals surface area contributed by atoms with Crippen LogP contribution in [0.1, 0.15) is 41.0 Å². The highest BCUT2D eigenvalue weighted by molar-refractivity contribution is 5.73. The molecule has 1 amide bonds. The molecule has 0 aromatic carbocycles. The first-order valence-electron chi connectivity index (χ1n) is 4.94. The lowest BCUT2D eigenvalue weighted by Gasteiger charge is -2.35. The molecule has 0 radical (unpaired) electrons. The zero-order valence-corrected chi connectivity index (χ0v) is 9.59. The maximum atomic E-state index is 11.0. The van der Waals surface area contributed by atoms with E-state index in [9.17, 15) is 10.0 Å². The van der Waals surface area contributed by atoms with Gasteiger partial charge in [0.05, 0.1) is 11.6 Å². The first-order valence-corrected chi connectivity index (χ1v) is 4.94. The number of hydrogen-bond donors (Lipinski definition) is 2. The molecule has 1 unspecified atom stereocenters. The van der Waals surface area contributed by atoms with Crippen molar-refractivity contribution in [2.75, 3.05) is 0 Å². The molecule has 1 rings (SSSR count). The van der Waals surface area contributed by atoms with Gasteiger partial charge in [0, 0.05) is 12.5 Å². The number of hydroxylamine groups is 2. The summed E-state index contributed by atoms with van der Waals surface area (Å²) in [6, 6.07) is -0.000000000000000222. The average Bonchev–Trinajstić information content (AvgIpc) is 2.12. The van der Waals surface area contributed by atoms with Crippen LogP contribution in [0, 0.1) is 0 Å². The number of rotatable bonds is 1. The standard InChI is InChI=1S/C10H20N2O2/c1-7(13)11-8-6-9(2,3)12(14)10(8,4)5/h8,14H,6H2,1-5H3,(H,11,13). The molecule has 2 N–H and O–H groups in total. The van der Waals surface area contributed by atoms with Crippen LogP contribution in [-0.4, -0.2) is 33.3 Å². The van der Waals surface area contributed by atoms with Gasteiger partial charge >= 0.3 is 0 Å². The molecule has 0 aromatic rings. The molecule has 14 heavy (non-hydrogen) atoms. The topological polar surface area (TPSA) is 52.6 Å². The molecule has 4 nitrogen and oxygen atoms in total. The maximum Gasteiger partial charge on any atom is 0.217 e. The summed E-state index contributed by atoms with van der Waals surface area (Å²) in [4.78, 5) is 11.0. The van der Waals surface area contributed by atoms with E-state index in [-0.39, 0.29) is 17.5 Å². The molecule has 1 atom stereocenters. The minimum atomic E-state index is -0.408. The third-order valence-electron chi connectivity index (χ3n) is 3.05. The van der Waals surface area contributed by atoms with Crippen LogP contribution < -0.4 is 5.32 Å². The van der Waals surface area contributed by atoms with Gasteiger partial charge < -0.3 is 10.5 Å². The molecular formula is C10H20N2O2. The summed E-state index contributed by atoms with van der Waals surface area (Å²) >= 11 is 0. The van der Waals surface area contributed by atoms with E-state index in [1.807, 2.05) is 27.7 Å². The fourth-order valence-corrected chi connectivity index (χ4v) is 2.24. The third kappa shape index (κ3) is 1.77. The summed E-state index contributed by atoms with van der Waals surface area (Å²) in [7, 11) is 0. The van der Waals surface area contributed by atoms with Gasteiger partial charge in [-0.05, 0) is 34.1 Å². The number of nitrogens with zero attached hydrogens (tertiary/aromatic N) is 1. The SMILES string of the molecule is CC(=O)NC1CC(C)(C)N(O)C1(C)C. The van der Waals surface area contributed by atoms with Gasteiger partial charge in [-0.1, -0.05) is 0 Å². The molecule has 0 aliphatic carbocycles. The van der Waals surface area contributed by atoms with Gasteiger partial charge in [0.15, 0.2) is 0 Å². The van der Waals surface area contributed by atoms with Crippen molar-refractivity contribution in [3.8, 4) is 0 Å². The molecule has 0 aromatic heterocycles.